The summed E-state index contributed by atoms with van der Waals surface area (Å²) < 4.78 is 0.436. The molecule has 98 valence electrons. The molecule has 0 saturated carbocycles. The minimum absolute atomic E-state index is 0.0337. The van der Waals surface area contributed by atoms with E-state index < -0.39 is 5.97 Å². The summed E-state index contributed by atoms with van der Waals surface area (Å²) in [5.41, 5.74) is -0.0337. The quantitative estimate of drug-likeness (QED) is 0.626. The van der Waals surface area contributed by atoms with Gasteiger partial charge in [-0.2, -0.15) is 0 Å². The summed E-state index contributed by atoms with van der Waals surface area (Å²) >= 11 is 3.71. The molecule has 0 spiro atoms. The molecule has 18 heavy (non-hydrogen) atoms. The van der Waals surface area contributed by atoms with Crippen LogP contribution in [0.3, 0.4) is 0 Å². The minimum Gasteiger partial charge on any atom is -0.477 e. The van der Waals surface area contributed by atoms with Crippen molar-refractivity contribution in [3.63, 3.8) is 0 Å². The molecule has 1 N–H and O–H groups in total. The Labute approximate surface area is 117 Å². The van der Waals surface area contributed by atoms with Crippen molar-refractivity contribution in [2.45, 2.75) is 18.2 Å². The summed E-state index contributed by atoms with van der Waals surface area (Å²) in [6.07, 6.45) is 2.63. The molecular formula is C10H11NO4S3. The average molecular weight is 305 g/mol. The van der Waals surface area contributed by atoms with E-state index in [9.17, 15) is 19.5 Å². The van der Waals surface area contributed by atoms with Crippen LogP contribution < -0.4 is 0 Å². The topological polar surface area (TPSA) is 74.7 Å². The minimum atomic E-state index is -1.15. The van der Waals surface area contributed by atoms with Crippen LogP contribution in [0.4, 0.5) is 0 Å². The molecule has 5 nitrogen and oxygen atoms in total. The molecule has 0 aromatic heterocycles. The number of hydrogen-bond acceptors (Lipinski definition) is 6. The standard InChI is InChI=1S/C10H11NO4S3/c1-16-6-4-5(12)11(6)8(9(14)15)10-17-3-2-7(13)18-10/h6H,2-4H2,1H3,(H,14,15). The van der Waals surface area contributed by atoms with Crippen LogP contribution in [0.2, 0.25) is 0 Å². The summed E-state index contributed by atoms with van der Waals surface area (Å²) in [4.78, 5) is 35.6. The van der Waals surface area contributed by atoms with Crippen molar-refractivity contribution in [2.75, 3.05) is 12.0 Å². The third kappa shape index (κ3) is 2.55. The Bertz CT molecular complexity index is 448. The van der Waals surface area contributed by atoms with Gasteiger partial charge in [-0.25, -0.2) is 4.79 Å². The first-order valence-electron chi connectivity index (χ1n) is 5.20. The fraction of sp³-hybridized carbons (Fsp3) is 0.500. The number of hydrogen-bond donors (Lipinski definition) is 1. The third-order valence-electron chi connectivity index (χ3n) is 2.56. The molecule has 1 amide bonds. The Balaban J connectivity index is 2.33. The van der Waals surface area contributed by atoms with Gasteiger partial charge >= 0.3 is 5.97 Å². The number of carboxylic acids is 1. The summed E-state index contributed by atoms with van der Waals surface area (Å²) in [5, 5.41) is 9.10. The van der Waals surface area contributed by atoms with E-state index in [0.29, 0.717) is 22.8 Å². The zero-order valence-electron chi connectivity index (χ0n) is 9.54. The van der Waals surface area contributed by atoms with Crippen molar-refractivity contribution in [3.05, 3.63) is 9.93 Å². The smallest absolute Gasteiger partial charge is 0.354 e. The van der Waals surface area contributed by atoms with Crippen molar-refractivity contribution < 1.29 is 19.5 Å². The van der Waals surface area contributed by atoms with Gasteiger partial charge in [0.15, 0.2) is 10.8 Å². The van der Waals surface area contributed by atoms with Gasteiger partial charge in [0.25, 0.3) is 0 Å². The molecule has 1 unspecified atom stereocenters. The highest BCUT2D eigenvalue weighted by molar-refractivity contribution is 8.30. The predicted octanol–water partition coefficient (Wildman–Crippen LogP) is 1.56. The first-order valence-corrected chi connectivity index (χ1v) is 8.29. The number of amides is 1. The molecule has 0 aliphatic carbocycles. The predicted molar refractivity (Wildman–Crippen MR) is 73.1 cm³/mol. The maximum absolute atomic E-state index is 11.6. The van der Waals surface area contributed by atoms with E-state index >= 15 is 0 Å². The lowest BCUT2D eigenvalue weighted by atomic mass is 10.2. The van der Waals surface area contributed by atoms with Gasteiger partial charge in [0.2, 0.25) is 5.91 Å². The van der Waals surface area contributed by atoms with Crippen LogP contribution in [-0.4, -0.2) is 44.4 Å². The van der Waals surface area contributed by atoms with Crippen LogP contribution in [0.25, 0.3) is 0 Å². The van der Waals surface area contributed by atoms with Gasteiger partial charge in [0.1, 0.15) is 0 Å². The third-order valence-corrected chi connectivity index (χ3v) is 5.76. The van der Waals surface area contributed by atoms with Gasteiger partial charge in [0, 0.05) is 12.2 Å². The maximum Gasteiger partial charge on any atom is 0.354 e. The van der Waals surface area contributed by atoms with Gasteiger partial charge in [-0.15, -0.1) is 23.5 Å². The highest BCUT2D eigenvalue weighted by atomic mass is 32.2. The number of carbonyl (C=O) groups excluding carboxylic acids is 2. The molecule has 0 aromatic rings. The van der Waals surface area contributed by atoms with Crippen LogP contribution in [-0.2, 0) is 14.4 Å². The lowest BCUT2D eigenvalue weighted by Gasteiger charge is -2.40. The lowest BCUT2D eigenvalue weighted by molar-refractivity contribution is -0.145. The highest BCUT2D eigenvalue weighted by Gasteiger charge is 2.42. The Morgan fingerprint density at radius 1 is 1.50 bits per heavy atom. The Morgan fingerprint density at radius 2 is 2.22 bits per heavy atom. The van der Waals surface area contributed by atoms with Crippen LogP contribution in [0, 0.1) is 0 Å². The second kappa shape index (κ2) is 5.58. The van der Waals surface area contributed by atoms with Crippen LogP contribution in [0.15, 0.2) is 9.93 Å². The normalized spacial score (nSPS) is 26.9. The van der Waals surface area contributed by atoms with Crippen molar-refractivity contribution in [1.29, 1.82) is 0 Å². The Morgan fingerprint density at radius 3 is 2.72 bits per heavy atom. The summed E-state index contributed by atoms with van der Waals surface area (Å²) in [6, 6.07) is 0. The number of β-lactam (4-membered cyclic amide) rings is 1. The molecule has 2 rings (SSSR count). The first-order chi connectivity index (χ1) is 8.54. The molecule has 0 radical (unpaired) electrons. The van der Waals surface area contributed by atoms with E-state index in [4.69, 9.17) is 0 Å². The number of nitrogens with zero attached hydrogens (tertiary/aromatic N) is 1. The van der Waals surface area contributed by atoms with Crippen molar-refractivity contribution in [3.8, 4) is 0 Å². The average Bonchev–Trinajstić information content (AvgIpc) is 2.32. The molecule has 2 saturated heterocycles. The van der Waals surface area contributed by atoms with Crippen molar-refractivity contribution in [1.82, 2.24) is 4.90 Å². The van der Waals surface area contributed by atoms with E-state index in [0.717, 1.165) is 11.8 Å². The molecule has 2 fully saturated rings. The molecule has 0 bridgehead atoms. The molecule has 2 heterocycles. The number of aliphatic carboxylic acids is 1. The highest BCUT2D eigenvalue weighted by Crippen LogP contribution is 2.42. The molecular weight excluding hydrogens is 294 g/mol. The summed E-state index contributed by atoms with van der Waals surface area (Å²) in [7, 11) is 0. The van der Waals surface area contributed by atoms with Crippen LogP contribution in [0.1, 0.15) is 12.8 Å². The maximum atomic E-state index is 11.6. The lowest BCUT2D eigenvalue weighted by Crippen LogP contribution is -2.51. The first kappa shape index (κ1) is 13.8. The SMILES string of the molecule is CSC1CC(=O)N1C(C(=O)O)=C1SCCC(=O)S1. The summed E-state index contributed by atoms with van der Waals surface area (Å²) in [6.45, 7) is 0. The van der Waals surface area contributed by atoms with Crippen LogP contribution in [0.5, 0.6) is 0 Å². The van der Waals surface area contributed by atoms with E-state index in [2.05, 4.69) is 0 Å². The molecule has 2 aliphatic heterocycles. The number of likely N-dealkylation sites (tertiary alicyclic amines) is 1. The summed E-state index contributed by atoms with van der Waals surface area (Å²) in [5.74, 6) is -0.769. The van der Waals surface area contributed by atoms with E-state index in [1.165, 1.54) is 28.4 Å². The number of thioether (sulfide) groups is 3. The largest absolute Gasteiger partial charge is 0.477 e. The molecule has 2 aliphatic rings. The van der Waals surface area contributed by atoms with Gasteiger partial charge in [-0.3, -0.25) is 14.5 Å². The zero-order chi connectivity index (χ0) is 13.3. The van der Waals surface area contributed by atoms with Crippen LogP contribution >= 0.6 is 35.3 Å². The van der Waals surface area contributed by atoms with Gasteiger partial charge in [-0.1, -0.05) is 0 Å². The Hall–Kier alpha value is -0.600. The van der Waals surface area contributed by atoms with Gasteiger partial charge in [0.05, 0.1) is 16.0 Å². The van der Waals surface area contributed by atoms with Gasteiger partial charge < -0.3 is 5.11 Å². The van der Waals surface area contributed by atoms with Crippen molar-refractivity contribution in [2.24, 2.45) is 0 Å². The molecule has 8 heteroatoms. The molecule has 0 aromatic carbocycles. The van der Waals surface area contributed by atoms with E-state index in [1.807, 2.05) is 6.26 Å². The van der Waals surface area contributed by atoms with E-state index in [1.54, 1.807) is 0 Å². The second-order valence-corrected chi connectivity index (χ2v) is 7.12. The second-order valence-electron chi connectivity index (χ2n) is 3.67. The number of carbonyl (C=O) groups is 3. The fourth-order valence-corrected chi connectivity index (χ4v) is 4.79. The fourth-order valence-electron chi connectivity index (χ4n) is 1.66. The monoisotopic (exact) mass is 305 g/mol. The van der Waals surface area contributed by atoms with Crippen molar-refractivity contribution >= 4 is 52.3 Å². The molecule has 1 atom stereocenters. The van der Waals surface area contributed by atoms with Gasteiger partial charge in [-0.05, 0) is 18.0 Å². The zero-order valence-corrected chi connectivity index (χ0v) is 12.0. The number of carboxylic acid groups (broad SMARTS) is 1. The Kier molecular flexibility index (Phi) is 4.29. The van der Waals surface area contributed by atoms with E-state index in [-0.39, 0.29) is 22.1 Å². The number of rotatable bonds is 3.